The number of rotatable bonds is 6. The molecular weight excluding hydrogens is 352 g/mol. The third kappa shape index (κ3) is 3.86. The van der Waals surface area contributed by atoms with Crippen molar-refractivity contribution in [3.63, 3.8) is 0 Å². The van der Waals surface area contributed by atoms with Crippen LogP contribution in [0.2, 0.25) is 0 Å². The van der Waals surface area contributed by atoms with Crippen LogP contribution in [0, 0.1) is 13.8 Å². The molecule has 4 nitrogen and oxygen atoms in total. The Morgan fingerprint density at radius 3 is 1.46 bits per heavy atom. The van der Waals surface area contributed by atoms with Gasteiger partial charge in [-0.25, -0.2) is 0 Å². The number of hydrogen-bond donors (Lipinski definition) is 0. The maximum Gasteiger partial charge on any atom is 0.311 e. The van der Waals surface area contributed by atoms with E-state index in [4.69, 9.17) is 9.47 Å². The molecule has 146 valence electrons. The molecule has 3 rings (SSSR count). The molecule has 0 aromatic heterocycles. The first-order valence-corrected chi connectivity index (χ1v) is 9.83. The first-order chi connectivity index (χ1) is 13.5. The average Bonchev–Trinajstić information content (AvgIpc) is 2.66. The van der Waals surface area contributed by atoms with Gasteiger partial charge >= 0.3 is 11.9 Å². The highest BCUT2D eigenvalue weighted by Crippen LogP contribution is 2.44. The number of aryl methyl sites for hydroxylation is 2. The Morgan fingerprint density at radius 1 is 0.714 bits per heavy atom. The Labute approximate surface area is 165 Å². The number of carbonyl (C=O) groups is 2. The average molecular weight is 378 g/mol. The largest absolute Gasteiger partial charge is 0.425 e. The molecule has 0 fully saturated rings. The summed E-state index contributed by atoms with van der Waals surface area (Å²) < 4.78 is 11.6. The molecule has 0 aliphatic heterocycles. The number of hydrogen-bond acceptors (Lipinski definition) is 4. The highest BCUT2D eigenvalue weighted by molar-refractivity contribution is 6.13. The van der Waals surface area contributed by atoms with Crippen molar-refractivity contribution in [1.29, 1.82) is 0 Å². The molecule has 28 heavy (non-hydrogen) atoms. The van der Waals surface area contributed by atoms with Crippen molar-refractivity contribution in [2.75, 3.05) is 0 Å². The minimum absolute atomic E-state index is 0.261. The van der Waals surface area contributed by atoms with Gasteiger partial charge in [0.2, 0.25) is 0 Å². The van der Waals surface area contributed by atoms with Crippen LogP contribution in [-0.4, -0.2) is 11.9 Å². The Balaban J connectivity index is 2.34. The lowest BCUT2D eigenvalue weighted by molar-refractivity contribution is -0.135. The second kappa shape index (κ2) is 8.42. The molecule has 0 heterocycles. The maximum absolute atomic E-state index is 12.3. The first-order valence-electron chi connectivity index (χ1n) is 9.83. The van der Waals surface area contributed by atoms with E-state index >= 15 is 0 Å². The third-order valence-corrected chi connectivity index (χ3v) is 4.88. The number of esters is 2. The Morgan fingerprint density at radius 2 is 1.11 bits per heavy atom. The van der Waals surface area contributed by atoms with Crippen LogP contribution in [-0.2, 0) is 9.59 Å². The van der Waals surface area contributed by atoms with Crippen LogP contribution in [0.5, 0.6) is 11.5 Å². The van der Waals surface area contributed by atoms with Gasteiger partial charge in [-0.05, 0) is 49.9 Å². The quantitative estimate of drug-likeness (QED) is 0.299. The van der Waals surface area contributed by atoms with Crippen molar-refractivity contribution in [1.82, 2.24) is 0 Å². The molecule has 0 N–H and O–H groups in total. The molecule has 0 atom stereocenters. The zero-order valence-corrected chi connectivity index (χ0v) is 16.9. The summed E-state index contributed by atoms with van der Waals surface area (Å²) in [6.07, 6.45) is 2.15. The van der Waals surface area contributed by atoms with Crippen LogP contribution >= 0.6 is 0 Å². The van der Waals surface area contributed by atoms with E-state index in [0.29, 0.717) is 24.3 Å². The Hall–Kier alpha value is -2.88. The summed E-state index contributed by atoms with van der Waals surface area (Å²) in [5.41, 5.74) is 2.17. The van der Waals surface area contributed by atoms with Crippen molar-refractivity contribution in [2.45, 2.75) is 53.4 Å². The van der Waals surface area contributed by atoms with Crippen molar-refractivity contribution in [3.05, 3.63) is 47.5 Å². The fourth-order valence-corrected chi connectivity index (χ4v) is 3.32. The maximum atomic E-state index is 12.3. The second-order valence-corrected chi connectivity index (χ2v) is 7.13. The van der Waals surface area contributed by atoms with E-state index in [2.05, 4.69) is 0 Å². The van der Waals surface area contributed by atoms with Crippen molar-refractivity contribution in [3.8, 4) is 11.5 Å². The van der Waals surface area contributed by atoms with Gasteiger partial charge in [0.05, 0.1) is 0 Å². The van der Waals surface area contributed by atoms with Gasteiger partial charge in [-0.2, -0.15) is 0 Å². The smallest absolute Gasteiger partial charge is 0.311 e. The van der Waals surface area contributed by atoms with E-state index in [9.17, 15) is 9.59 Å². The van der Waals surface area contributed by atoms with Crippen LogP contribution in [0.4, 0.5) is 0 Å². The van der Waals surface area contributed by atoms with Crippen LogP contribution < -0.4 is 9.47 Å². The SMILES string of the molecule is CCCC(=O)Oc1c2ccccc2c(OC(=O)CCC)c2cc(C)c(C)cc12. The summed E-state index contributed by atoms with van der Waals surface area (Å²) in [5.74, 6) is 0.538. The summed E-state index contributed by atoms with van der Waals surface area (Å²) >= 11 is 0. The lowest BCUT2D eigenvalue weighted by Gasteiger charge is -2.17. The minimum Gasteiger partial charge on any atom is -0.425 e. The molecular formula is C24H26O4. The van der Waals surface area contributed by atoms with Gasteiger partial charge in [-0.15, -0.1) is 0 Å². The monoisotopic (exact) mass is 378 g/mol. The number of carbonyl (C=O) groups excluding carboxylic acids is 2. The van der Waals surface area contributed by atoms with Crippen molar-refractivity contribution >= 4 is 33.5 Å². The summed E-state index contributed by atoms with van der Waals surface area (Å²) in [6, 6.07) is 11.6. The molecule has 0 unspecified atom stereocenters. The van der Waals surface area contributed by atoms with Gasteiger partial charge in [-0.1, -0.05) is 38.1 Å². The molecule has 0 aliphatic carbocycles. The fourth-order valence-electron chi connectivity index (χ4n) is 3.32. The number of fused-ring (bicyclic) bond motifs is 2. The molecule has 0 aliphatic rings. The summed E-state index contributed by atoms with van der Waals surface area (Å²) in [6.45, 7) is 7.93. The summed E-state index contributed by atoms with van der Waals surface area (Å²) in [4.78, 5) is 24.6. The second-order valence-electron chi connectivity index (χ2n) is 7.13. The zero-order chi connectivity index (χ0) is 20.3. The molecule has 0 bridgehead atoms. The lowest BCUT2D eigenvalue weighted by Crippen LogP contribution is -2.10. The first kappa shape index (κ1) is 19.9. The molecule has 3 aromatic rings. The molecule has 0 amide bonds. The minimum atomic E-state index is -0.261. The Bertz CT molecular complexity index is 966. The molecule has 0 spiro atoms. The van der Waals surface area contributed by atoms with E-state index in [0.717, 1.165) is 45.5 Å². The highest BCUT2D eigenvalue weighted by Gasteiger charge is 2.20. The van der Waals surface area contributed by atoms with Gasteiger partial charge in [0.1, 0.15) is 11.5 Å². The fraction of sp³-hybridized carbons (Fsp3) is 0.333. The lowest BCUT2D eigenvalue weighted by atomic mass is 9.96. The van der Waals surface area contributed by atoms with Crippen LogP contribution in [0.3, 0.4) is 0 Å². The van der Waals surface area contributed by atoms with Gasteiger partial charge < -0.3 is 9.47 Å². The van der Waals surface area contributed by atoms with E-state index in [-0.39, 0.29) is 11.9 Å². The summed E-state index contributed by atoms with van der Waals surface area (Å²) in [5, 5.41) is 3.10. The molecule has 4 heteroatoms. The molecule has 3 aromatic carbocycles. The van der Waals surface area contributed by atoms with E-state index < -0.39 is 0 Å². The summed E-state index contributed by atoms with van der Waals surface area (Å²) in [7, 11) is 0. The van der Waals surface area contributed by atoms with Gasteiger partial charge in [0, 0.05) is 34.4 Å². The van der Waals surface area contributed by atoms with Crippen LogP contribution in [0.25, 0.3) is 21.5 Å². The highest BCUT2D eigenvalue weighted by atomic mass is 16.5. The van der Waals surface area contributed by atoms with Gasteiger partial charge in [-0.3, -0.25) is 9.59 Å². The topological polar surface area (TPSA) is 52.6 Å². The Kier molecular flexibility index (Phi) is 5.98. The standard InChI is InChI=1S/C24H26O4/c1-5-9-21(25)27-23-17-11-7-8-12-18(17)24(28-22(26)10-6-2)20-14-16(4)15(3)13-19(20)23/h7-8,11-14H,5-6,9-10H2,1-4H3. The van der Waals surface area contributed by atoms with Crippen molar-refractivity contribution < 1.29 is 19.1 Å². The molecule has 0 saturated heterocycles. The number of benzene rings is 3. The van der Waals surface area contributed by atoms with Gasteiger partial charge in [0.15, 0.2) is 0 Å². The predicted molar refractivity (Wildman–Crippen MR) is 112 cm³/mol. The third-order valence-electron chi connectivity index (χ3n) is 4.88. The molecule has 0 radical (unpaired) electrons. The van der Waals surface area contributed by atoms with E-state index in [1.807, 2.05) is 64.1 Å². The normalized spacial score (nSPS) is 11.0. The van der Waals surface area contributed by atoms with Crippen LogP contribution in [0.15, 0.2) is 36.4 Å². The predicted octanol–water partition coefficient (Wildman–Crippen LogP) is 6.02. The van der Waals surface area contributed by atoms with Crippen LogP contribution in [0.1, 0.15) is 50.7 Å². The molecule has 0 saturated carbocycles. The number of ether oxygens (including phenoxy) is 2. The van der Waals surface area contributed by atoms with Crippen molar-refractivity contribution in [2.24, 2.45) is 0 Å². The van der Waals surface area contributed by atoms with Gasteiger partial charge in [0.25, 0.3) is 0 Å². The van der Waals surface area contributed by atoms with E-state index in [1.165, 1.54) is 0 Å². The van der Waals surface area contributed by atoms with E-state index in [1.54, 1.807) is 0 Å². The zero-order valence-electron chi connectivity index (χ0n) is 16.9.